The maximum absolute atomic E-state index is 13.2. The molecule has 7 nitrogen and oxygen atoms in total. The van der Waals surface area contributed by atoms with E-state index >= 15 is 0 Å². The predicted octanol–water partition coefficient (Wildman–Crippen LogP) is 4.20. The molecule has 2 aromatic heterocycles. The first-order chi connectivity index (χ1) is 15.4. The minimum atomic E-state index is -1.63. The summed E-state index contributed by atoms with van der Waals surface area (Å²) in [5.74, 6) is 0.921. The molecule has 1 fully saturated rings. The van der Waals surface area contributed by atoms with Crippen molar-refractivity contribution >= 4 is 46.1 Å². The van der Waals surface area contributed by atoms with Crippen molar-refractivity contribution in [1.82, 2.24) is 20.1 Å². The van der Waals surface area contributed by atoms with E-state index in [0.29, 0.717) is 14.9 Å². The molecule has 0 spiro atoms. The van der Waals surface area contributed by atoms with Crippen molar-refractivity contribution in [2.24, 2.45) is 7.05 Å². The molecule has 1 aliphatic rings. The molecule has 170 valence electrons. The third-order valence-electron chi connectivity index (χ3n) is 5.57. The van der Waals surface area contributed by atoms with E-state index in [-0.39, 0.29) is 0 Å². The fraction of sp³-hybridized carbons (Fsp3) is 0.364. The number of hydrogen-bond acceptors (Lipinski definition) is 6. The Morgan fingerprint density at radius 2 is 1.84 bits per heavy atom. The van der Waals surface area contributed by atoms with Gasteiger partial charge in [0.25, 0.3) is 0 Å². The molecule has 0 bridgehead atoms. The number of piperazine rings is 1. The molecule has 4 rings (SSSR count). The third-order valence-corrected chi connectivity index (χ3v) is 7.59. The van der Waals surface area contributed by atoms with E-state index in [1.165, 1.54) is 0 Å². The molecule has 32 heavy (non-hydrogen) atoms. The maximum Gasteiger partial charge on any atom is 0.216 e. The number of halogens is 2. The van der Waals surface area contributed by atoms with E-state index in [9.17, 15) is 4.55 Å². The normalized spacial score (nSPS) is 15.1. The van der Waals surface area contributed by atoms with E-state index in [2.05, 4.69) is 25.0 Å². The second-order valence-corrected chi connectivity index (χ2v) is 9.63. The van der Waals surface area contributed by atoms with Crippen LogP contribution in [0.4, 0.5) is 11.5 Å². The fourth-order valence-electron chi connectivity index (χ4n) is 3.96. The van der Waals surface area contributed by atoms with Gasteiger partial charge in [-0.1, -0.05) is 30.1 Å². The summed E-state index contributed by atoms with van der Waals surface area (Å²) < 4.78 is 18.0. The summed E-state index contributed by atoms with van der Waals surface area (Å²) >= 11 is 11.5. The monoisotopic (exact) mass is 492 g/mol. The van der Waals surface area contributed by atoms with Crippen LogP contribution < -0.4 is 14.9 Å². The summed E-state index contributed by atoms with van der Waals surface area (Å²) in [5.41, 5.74) is 4.31. The number of pyridine rings is 1. The number of rotatable bonds is 6. The highest BCUT2D eigenvalue weighted by molar-refractivity contribution is 7.93. The summed E-state index contributed by atoms with van der Waals surface area (Å²) in [6.07, 6.45) is 2.55. The molecule has 3 aromatic rings. The van der Waals surface area contributed by atoms with Gasteiger partial charge in [-0.3, -0.25) is 4.68 Å². The summed E-state index contributed by atoms with van der Waals surface area (Å²) in [6, 6.07) is 7.57. The number of aromatic nitrogens is 3. The second-order valence-electron chi connectivity index (χ2n) is 7.66. The van der Waals surface area contributed by atoms with Crippen molar-refractivity contribution in [2.75, 3.05) is 35.8 Å². The van der Waals surface area contributed by atoms with Gasteiger partial charge in [0.05, 0.1) is 11.4 Å². The molecule has 0 radical (unpaired) electrons. The van der Waals surface area contributed by atoms with Gasteiger partial charge in [-0.05, 0) is 48.7 Å². The Hall–Kier alpha value is -1.97. The van der Waals surface area contributed by atoms with Crippen LogP contribution in [-0.2, 0) is 24.8 Å². The van der Waals surface area contributed by atoms with Gasteiger partial charge < -0.3 is 14.8 Å². The number of nitrogens with zero attached hydrogens (tertiary/aromatic N) is 4. The van der Waals surface area contributed by atoms with Crippen molar-refractivity contribution in [3.8, 4) is 11.1 Å². The quantitative estimate of drug-likeness (QED) is 0.501. The smallest absolute Gasteiger partial charge is 0.216 e. The van der Waals surface area contributed by atoms with Gasteiger partial charge in [0, 0.05) is 39.4 Å². The minimum Gasteiger partial charge on any atom is -0.588 e. The van der Waals surface area contributed by atoms with Crippen LogP contribution in [0.15, 0.2) is 35.4 Å². The van der Waals surface area contributed by atoms with E-state index in [4.69, 9.17) is 23.2 Å². The average molecular weight is 493 g/mol. The largest absolute Gasteiger partial charge is 0.588 e. The molecular weight excluding hydrogens is 467 g/mol. The number of aryl methyl sites for hydroxylation is 2. The van der Waals surface area contributed by atoms with E-state index < -0.39 is 11.4 Å². The highest BCUT2D eigenvalue weighted by Gasteiger charge is 2.25. The highest BCUT2D eigenvalue weighted by atomic mass is 35.5. The molecule has 2 N–H and O–H groups in total. The van der Waals surface area contributed by atoms with Crippen LogP contribution in [0.1, 0.15) is 18.3 Å². The van der Waals surface area contributed by atoms with Gasteiger partial charge in [-0.2, -0.15) is 9.82 Å². The average Bonchev–Trinajstić information content (AvgIpc) is 3.05. The van der Waals surface area contributed by atoms with Crippen LogP contribution in [0, 0.1) is 6.92 Å². The van der Waals surface area contributed by atoms with Gasteiger partial charge in [0.15, 0.2) is 0 Å². The van der Waals surface area contributed by atoms with Gasteiger partial charge in [0.1, 0.15) is 32.9 Å². The Labute approximate surface area is 201 Å². The van der Waals surface area contributed by atoms with Crippen LogP contribution >= 0.6 is 23.2 Å². The van der Waals surface area contributed by atoms with Gasteiger partial charge in [0.2, 0.25) is 4.90 Å². The molecule has 0 saturated carbocycles. The number of nitrogens with one attached hydrogen (secondary N) is 2. The molecular formula is C22H26Cl2N6OS. The van der Waals surface area contributed by atoms with E-state index in [1.54, 1.807) is 23.0 Å². The zero-order valence-electron chi connectivity index (χ0n) is 18.3. The topological polar surface area (TPSA) is 81.1 Å². The lowest BCUT2D eigenvalue weighted by molar-refractivity contribution is 0.585. The molecule has 10 heteroatoms. The van der Waals surface area contributed by atoms with Crippen LogP contribution in [0.2, 0.25) is 10.0 Å². The molecule has 1 aliphatic heterocycles. The Morgan fingerprint density at radius 3 is 2.50 bits per heavy atom. The molecule has 3 heterocycles. The van der Waals surface area contributed by atoms with Gasteiger partial charge in [-0.25, -0.2) is 4.98 Å². The molecule has 1 atom stereocenters. The van der Waals surface area contributed by atoms with Crippen LogP contribution in [0.3, 0.4) is 0 Å². The summed E-state index contributed by atoms with van der Waals surface area (Å²) in [6.45, 7) is 7.61. The zero-order valence-corrected chi connectivity index (χ0v) is 20.6. The van der Waals surface area contributed by atoms with E-state index in [1.807, 2.05) is 33.0 Å². The van der Waals surface area contributed by atoms with E-state index in [0.717, 1.165) is 66.6 Å². The van der Waals surface area contributed by atoms with Gasteiger partial charge in [-0.15, -0.1) is 0 Å². The van der Waals surface area contributed by atoms with Crippen LogP contribution in [-0.4, -0.2) is 45.5 Å². The second kappa shape index (κ2) is 9.89. The SMILES string of the molecule is CCc1c(N[S+]([O-])c2c(Cl)cc(-c3ccnc(N4CCNCC4)c3)cc2Cl)c(C)nn1C. The lowest BCUT2D eigenvalue weighted by Crippen LogP contribution is -2.43. The first-order valence-corrected chi connectivity index (χ1v) is 12.4. The number of anilines is 2. The maximum atomic E-state index is 13.2. The molecule has 1 saturated heterocycles. The summed E-state index contributed by atoms with van der Waals surface area (Å²) in [7, 11) is 1.87. The Morgan fingerprint density at radius 1 is 1.16 bits per heavy atom. The summed E-state index contributed by atoms with van der Waals surface area (Å²) in [5, 5.41) is 8.45. The minimum absolute atomic E-state index is 0.346. The van der Waals surface area contributed by atoms with Crippen LogP contribution in [0.25, 0.3) is 11.1 Å². The lowest BCUT2D eigenvalue weighted by atomic mass is 10.1. The van der Waals surface area contributed by atoms with Crippen molar-refractivity contribution in [1.29, 1.82) is 0 Å². The summed E-state index contributed by atoms with van der Waals surface area (Å²) in [4.78, 5) is 7.13. The van der Waals surface area contributed by atoms with Crippen LogP contribution in [0.5, 0.6) is 0 Å². The predicted molar refractivity (Wildman–Crippen MR) is 132 cm³/mol. The standard InChI is InChI=1S/C22H26Cl2N6OS/c1-4-19-21(14(2)27-29(19)3)28-32(31)22-17(23)11-16(12-18(22)24)15-5-6-26-20(13-15)30-9-7-25-8-10-30/h5-6,11-13,25,28H,4,7-10H2,1-3H3. The number of benzene rings is 1. The molecule has 0 aliphatic carbocycles. The van der Waals surface area contributed by atoms with Gasteiger partial charge >= 0.3 is 0 Å². The fourth-order valence-corrected chi connectivity index (χ4v) is 5.89. The van der Waals surface area contributed by atoms with Crippen molar-refractivity contribution in [2.45, 2.75) is 25.2 Å². The van der Waals surface area contributed by atoms with Crippen molar-refractivity contribution < 1.29 is 4.55 Å². The first-order valence-electron chi connectivity index (χ1n) is 10.5. The zero-order chi connectivity index (χ0) is 22.8. The van der Waals surface area contributed by atoms with Crippen molar-refractivity contribution in [3.05, 3.63) is 51.9 Å². The Kier molecular flexibility index (Phi) is 7.17. The highest BCUT2D eigenvalue weighted by Crippen LogP contribution is 2.37. The molecule has 1 unspecified atom stereocenters. The lowest BCUT2D eigenvalue weighted by Gasteiger charge is -2.28. The first kappa shape index (κ1) is 23.2. The number of hydrogen-bond donors (Lipinski definition) is 2. The Balaban J connectivity index is 1.61. The third kappa shape index (κ3) is 4.70. The molecule has 1 aromatic carbocycles. The molecule has 0 amide bonds. The van der Waals surface area contributed by atoms with Crippen molar-refractivity contribution in [3.63, 3.8) is 0 Å². The Bertz CT molecular complexity index is 1090.